The summed E-state index contributed by atoms with van der Waals surface area (Å²) in [7, 11) is 1.20. The van der Waals surface area contributed by atoms with Crippen molar-refractivity contribution < 1.29 is 28.5 Å². The molecule has 1 aliphatic heterocycles. The van der Waals surface area contributed by atoms with Gasteiger partial charge in [0.25, 0.3) is 5.56 Å². The number of carbonyl (C=O) groups is 1. The molecule has 29 heavy (non-hydrogen) atoms. The highest BCUT2D eigenvalue weighted by molar-refractivity contribution is 5.84. The van der Waals surface area contributed by atoms with Gasteiger partial charge < -0.3 is 28.7 Å². The Kier molecular flexibility index (Phi) is 4.50. The van der Waals surface area contributed by atoms with Crippen molar-refractivity contribution in [3.05, 3.63) is 61.9 Å². The SMILES string of the molecule is COC(=O)CC(c1cc2cc3c(cc2[nH]c1=O)OCO3)c1c(O)cc(C)oc1=O. The molecule has 2 N–H and O–H groups in total. The monoisotopic (exact) mass is 399 g/mol. The summed E-state index contributed by atoms with van der Waals surface area (Å²) in [5.41, 5.74) is -0.939. The number of nitrogens with one attached hydrogen (secondary N) is 1. The van der Waals surface area contributed by atoms with Crippen LogP contribution in [0.1, 0.15) is 29.2 Å². The number of methoxy groups -OCH3 is 1. The number of hydrogen-bond acceptors (Lipinski definition) is 8. The number of aromatic nitrogens is 1. The number of fused-ring (bicyclic) bond motifs is 2. The molecule has 1 aliphatic rings. The molecule has 1 aromatic carbocycles. The molecule has 1 unspecified atom stereocenters. The molecule has 3 heterocycles. The largest absolute Gasteiger partial charge is 0.507 e. The Bertz CT molecular complexity index is 1240. The van der Waals surface area contributed by atoms with Crippen LogP contribution in [0.5, 0.6) is 17.2 Å². The molecule has 3 aromatic rings. The third-order valence-corrected chi connectivity index (χ3v) is 4.78. The zero-order valence-corrected chi connectivity index (χ0v) is 15.6. The van der Waals surface area contributed by atoms with Gasteiger partial charge in [0.05, 0.1) is 24.6 Å². The van der Waals surface area contributed by atoms with Crippen molar-refractivity contribution in [1.82, 2.24) is 4.98 Å². The average molecular weight is 399 g/mol. The highest BCUT2D eigenvalue weighted by Crippen LogP contribution is 2.37. The molecule has 9 nitrogen and oxygen atoms in total. The summed E-state index contributed by atoms with van der Waals surface area (Å²) in [4.78, 5) is 40.0. The Balaban J connectivity index is 1.93. The number of rotatable bonds is 4. The fourth-order valence-corrected chi connectivity index (χ4v) is 3.42. The molecule has 0 fully saturated rings. The van der Waals surface area contributed by atoms with Crippen LogP contribution in [0.4, 0.5) is 0 Å². The maximum absolute atomic E-state index is 12.8. The van der Waals surface area contributed by atoms with Crippen LogP contribution in [0.2, 0.25) is 0 Å². The number of ether oxygens (including phenoxy) is 3. The number of hydrogen-bond donors (Lipinski definition) is 2. The summed E-state index contributed by atoms with van der Waals surface area (Å²) in [5, 5.41) is 11.0. The van der Waals surface area contributed by atoms with Gasteiger partial charge in [-0.25, -0.2) is 4.79 Å². The fraction of sp³-hybridized carbons (Fsp3) is 0.250. The number of aromatic hydroxyl groups is 1. The predicted molar refractivity (Wildman–Crippen MR) is 101 cm³/mol. The van der Waals surface area contributed by atoms with Gasteiger partial charge in [-0.15, -0.1) is 0 Å². The molecule has 150 valence electrons. The van der Waals surface area contributed by atoms with Gasteiger partial charge in [0.15, 0.2) is 11.5 Å². The van der Waals surface area contributed by atoms with E-state index < -0.39 is 23.1 Å². The van der Waals surface area contributed by atoms with Crippen LogP contribution in [-0.2, 0) is 9.53 Å². The molecule has 0 radical (unpaired) electrons. The van der Waals surface area contributed by atoms with E-state index in [4.69, 9.17) is 18.6 Å². The Labute approximate surface area is 163 Å². The second-order valence-electron chi connectivity index (χ2n) is 6.62. The highest BCUT2D eigenvalue weighted by Gasteiger charge is 2.29. The van der Waals surface area contributed by atoms with E-state index in [-0.39, 0.29) is 35.9 Å². The standard InChI is InChI=1S/C20H17NO8/c1-9-3-14(22)18(20(25)29-9)11(6-17(23)26-2)12-4-10-5-15-16(28-8-27-15)7-13(10)21-19(12)24/h3-5,7,11,22H,6,8H2,1-2H3,(H,21,24). The van der Waals surface area contributed by atoms with Gasteiger partial charge in [-0.2, -0.15) is 0 Å². The number of pyridine rings is 1. The Morgan fingerprint density at radius 3 is 2.62 bits per heavy atom. The summed E-state index contributed by atoms with van der Waals surface area (Å²) >= 11 is 0. The van der Waals surface area contributed by atoms with Crippen molar-refractivity contribution in [2.24, 2.45) is 0 Å². The predicted octanol–water partition coefficient (Wildman–Crippen LogP) is 1.92. The number of carbonyl (C=O) groups excluding carboxylic acids is 1. The minimum absolute atomic E-state index is 0.0754. The number of benzene rings is 1. The van der Waals surface area contributed by atoms with Crippen LogP contribution < -0.4 is 20.7 Å². The Morgan fingerprint density at radius 1 is 1.21 bits per heavy atom. The number of esters is 1. The van der Waals surface area contributed by atoms with Gasteiger partial charge in [-0.3, -0.25) is 9.59 Å². The highest BCUT2D eigenvalue weighted by atomic mass is 16.7. The maximum atomic E-state index is 12.8. The molecule has 0 saturated heterocycles. The first-order chi connectivity index (χ1) is 13.9. The smallest absolute Gasteiger partial charge is 0.343 e. The van der Waals surface area contributed by atoms with Gasteiger partial charge in [0, 0.05) is 29.0 Å². The molecule has 9 heteroatoms. The lowest BCUT2D eigenvalue weighted by atomic mass is 9.89. The molecule has 0 spiro atoms. The lowest BCUT2D eigenvalue weighted by Crippen LogP contribution is -2.24. The molecule has 4 rings (SSSR count). The topological polar surface area (TPSA) is 128 Å². The average Bonchev–Trinajstić information content (AvgIpc) is 3.11. The normalized spacial score (nSPS) is 13.4. The first-order valence-corrected chi connectivity index (χ1v) is 8.74. The summed E-state index contributed by atoms with van der Waals surface area (Å²) in [5.74, 6) is -0.870. The lowest BCUT2D eigenvalue weighted by molar-refractivity contribution is -0.140. The zero-order valence-electron chi connectivity index (χ0n) is 15.6. The third-order valence-electron chi connectivity index (χ3n) is 4.78. The number of aromatic amines is 1. The zero-order chi connectivity index (χ0) is 20.7. The molecule has 2 aromatic heterocycles. The number of H-pyrrole nitrogens is 1. The first-order valence-electron chi connectivity index (χ1n) is 8.74. The van der Waals surface area contributed by atoms with Gasteiger partial charge in [-0.05, 0) is 19.1 Å². The van der Waals surface area contributed by atoms with E-state index in [9.17, 15) is 19.5 Å². The van der Waals surface area contributed by atoms with Crippen LogP contribution in [0.15, 0.2) is 38.3 Å². The second kappa shape index (κ2) is 7.01. The lowest BCUT2D eigenvalue weighted by Gasteiger charge is -2.17. The molecule has 0 saturated carbocycles. The van der Waals surface area contributed by atoms with E-state index in [2.05, 4.69) is 4.98 Å². The van der Waals surface area contributed by atoms with E-state index in [0.29, 0.717) is 22.4 Å². The van der Waals surface area contributed by atoms with Gasteiger partial charge in [0.2, 0.25) is 6.79 Å². The molecule has 1 atom stereocenters. The molecule has 0 amide bonds. The Morgan fingerprint density at radius 2 is 1.93 bits per heavy atom. The van der Waals surface area contributed by atoms with Crippen LogP contribution in [0.3, 0.4) is 0 Å². The second-order valence-corrected chi connectivity index (χ2v) is 6.62. The van der Waals surface area contributed by atoms with Crippen molar-refractivity contribution in [3.63, 3.8) is 0 Å². The third kappa shape index (κ3) is 3.31. The van der Waals surface area contributed by atoms with Crippen molar-refractivity contribution in [3.8, 4) is 17.2 Å². The van der Waals surface area contributed by atoms with Crippen molar-refractivity contribution >= 4 is 16.9 Å². The first kappa shape index (κ1) is 18.6. The molecule has 0 aliphatic carbocycles. The van der Waals surface area contributed by atoms with Crippen molar-refractivity contribution in [2.75, 3.05) is 13.9 Å². The van der Waals surface area contributed by atoms with Crippen LogP contribution in [0, 0.1) is 6.92 Å². The number of aryl methyl sites for hydroxylation is 1. The minimum Gasteiger partial charge on any atom is -0.507 e. The van der Waals surface area contributed by atoms with E-state index >= 15 is 0 Å². The molecular formula is C20H17NO8. The fourth-order valence-electron chi connectivity index (χ4n) is 3.42. The summed E-state index contributed by atoms with van der Waals surface area (Å²) < 4.78 is 20.5. The summed E-state index contributed by atoms with van der Waals surface area (Å²) in [6, 6.07) is 6.12. The van der Waals surface area contributed by atoms with E-state index in [1.807, 2.05) is 0 Å². The van der Waals surface area contributed by atoms with Crippen LogP contribution in [0.25, 0.3) is 10.9 Å². The molecule has 0 bridgehead atoms. The van der Waals surface area contributed by atoms with Crippen LogP contribution in [-0.4, -0.2) is 30.0 Å². The van der Waals surface area contributed by atoms with Crippen molar-refractivity contribution in [2.45, 2.75) is 19.3 Å². The van der Waals surface area contributed by atoms with Crippen LogP contribution >= 0.6 is 0 Å². The quantitative estimate of drug-likeness (QED) is 0.637. The van der Waals surface area contributed by atoms with E-state index in [0.717, 1.165) is 0 Å². The van der Waals surface area contributed by atoms with Gasteiger partial charge >= 0.3 is 11.6 Å². The Hall–Kier alpha value is -3.75. The van der Waals surface area contributed by atoms with Crippen molar-refractivity contribution in [1.29, 1.82) is 0 Å². The van der Waals surface area contributed by atoms with Gasteiger partial charge in [0.1, 0.15) is 11.5 Å². The maximum Gasteiger partial charge on any atom is 0.343 e. The van der Waals surface area contributed by atoms with Gasteiger partial charge in [-0.1, -0.05) is 0 Å². The minimum atomic E-state index is -1.07. The molecular weight excluding hydrogens is 382 g/mol. The van der Waals surface area contributed by atoms with E-state index in [1.165, 1.54) is 20.1 Å². The summed E-state index contributed by atoms with van der Waals surface area (Å²) in [6.45, 7) is 1.58. The summed E-state index contributed by atoms with van der Waals surface area (Å²) in [6.07, 6.45) is -0.336. The van der Waals surface area contributed by atoms with E-state index in [1.54, 1.807) is 18.2 Å².